The molecule has 0 saturated carbocycles. The Morgan fingerprint density at radius 3 is 2.33 bits per heavy atom. The number of pyridine rings is 1. The fraction of sp³-hybridized carbons (Fsp3) is 0.394. The quantitative estimate of drug-likeness (QED) is 0.290. The van der Waals surface area contributed by atoms with E-state index in [-0.39, 0.29) is 47.3 Å². The lowest BCUT2D eigenvalue weighted by molar-refractivity contribution is -0.157. The highest BCUT2D eigenvalue weighted by Gasteiger charge is 2.55. The third-order valence-corrected chi connectivity index (χ3v) is 9.57. The summed E-state index contributed by atoms with van der Waals surface area (Å²) in [7, 11) is 4.85. The molecule has 3 aliphatic rings. The van der Waals surface area contributed by atoms with Gasteiger partial charge in [0.15, 0.2) is 16.6 Å². The van der Waals surface area contributed by atoms with Crippen molar-refractivity contribution in [1.82, 2.24) is 19.3 Å². The Labute approximate surface area is 256 Å². The van der Waals surface area contributed by atoms with Gasteiger partial charge in [0.1, 0.15) is 12.0 Å². The molecule has 9 nitrogen and oxygen atoms in total. The molecule has 43 heavy (non-hydrogen) atoms. The maximum absolute atomic E-state index is 14.1. The first-order chi connectivity index (χ1) is 20.7. The molecule has 0 aliphatic carbocycles. The predicted octanol–water partition coefficient (Wildman–Crippen LogP) is 3.30. The van der Waals surface area contributed by atoms with Crippen molar-refractivity contribution < 1.29 is 19.1 Å². The van der Waals surface area contributed by atoms with Crippen LogP contribution in [0.1, 0.15) is 29.2 Å². The fourth-order valence-electron chi connectivity index (χ4n) is 7.01. The second-order valence-corrected chi connectivity index (χ2v) is 12.3. The number of ether oxygens (including phenoxy) is 2. The number of nitrogens with zero attached hydrogens (tertiary/aromatic N) is 4. The lowest BCUT2D eigenvalue weighted by Crippen LogP contribution is -2.67. The van der Waals surface area contributed by atoms with Gasteiger partial charge in [0.05, 0.1) is 7.11 Å². The highest BCUT2D eigenvalue weighted by Crippen LogP contribution is 2.40. The van der Waals surface area contributed by atoms with Crippen LogP contribution >= 0.6 is 12.2 Å². The van der Waals surface area contributed by atoms with Crippen molar-refractivity contribution in [3.8, 4) is 11.5 Å². The zero-order valence-corrected chi connectivity index (χ0v) is 25.5. The summed E-state index contributed by atoms with van der Waals surface area (Å²) in [6.07, 6.45) is 1.17. The number of fused-ring (bicyclic) bond motifs is 4. The molecular formula is C33H36N4O5S. The molecule has 2 atom stereocenters. The molecule has 3 aromatic rings. The third kappa shape index (κ3) is 5.34. The van der Waals surface area contributed by atoms with Crippen molar-refractivity contribution in [1.29, 1.82) is 0 Å². The smallest absolute Gasteiger partial charge is 0.250 e. The van der Waals surface area contributed by atoms with Gasteiger partial charge in [0.2, 0.25) is 11.8 Å². The van der Waals surface area contributed by atoms with Crippen LogP contribution in [-0.4, -0.2) is 77.0 Å². The number of aromatic nitrogens is 1. The molecule has 3 aliphatic heterocycles. The monoisotopic (exact) mass is 600 g/mol. The molecule has 0 radical (unpaired) electrons. The number of piperidine rings is 1. The normalized spacial score (nSPS) is 21.5. The van der Waals surface area contributed by atoms with Crippen molar-refractivity contribution in [2.75, 3.05) is 40.8 Å². The number of hydrogen-bond donors (Lipinski definition) is 0. The largest absolute Gasteiger partial charge is 0.493 e. The summed E-state index contributed by atoms with van der Waals surface area (Å²) in [6.45, 7) is 2.64. The van der Waals surface area contributed by atoms with Crippen LogP contribution in [0.4, 0.5) is 0 Å². The lowest BCUT2D eigenvalue weighted by atomic mass is 9.75. The predicted molar refractivity (Wildman–Crippen MR) is 166 cm³/mol. The van der Waals surface area contributed by atoms with Crippen LogP contribution in [0.5, 0.6) is 11.5 Å². The maximum atomic E-state index is 14.1. The van der Waals surface area contributed by atoms with E-state index < -0.39 is 5.41 Å². The zero-order chi connectivity index (χ0) is 30.3. The minimum absolute atomic E-state index is 0.0247. The Kier molecular flexibility index (Phi) is 7.83. The number of methoxy groups -OCH3 is 1. The van der Waals surface area contributed by atoms with Crippen molar-refractivity contribution in [3.05, 3.63) is 93.9 Å². The van der Waals surface area contributed by atoms with Crippen molar-refractivity contribution in [3.63, 3.8) is 0 Å². The van der Waals surface area contributed by atoms with Crippen molar-refractivity contribution in [2.45, 2.75) is 31.9 Å². The van der Waals surface area contributed by atoms with Crippen LogP contribution in [-0.2, 0) is 29.2 Å². The molecule has 1 aromatic heterocycles. The Morgan fingerprint density at radius 2 is 1.60 bits per heavy atom. The molecule has 2 amide bonds. The minimum Gasteiger partial charge on any atom is -0.493 e. The van der Waals surface area contributed by atoms with Gasteiger partial charge in [-0.15, -0.1) is 0 Å². The summed E-state index contributed by atoms with van der Waals surface area (Å²) < 4.78 is 13.6. The first-order valence-electron chi connectivity index (χ1n) is 14.6. The molecule has 0 N–H and O–H groups in total. The van der Waals surface area contributed by atoms with E-state index in [1.54, 1.807) is 27.3 Å². The Morgan fingerprint density at radius 1 is 0.860 bits per heavy atom. The van der Waals surface area contributed by atoms with Crippen LogP contribution in [0.25, 0.3) is 0 Å². The Balaban J connectivity index is 1.30. The molecule has 224 valence electrons. The number of carbonyl (C=O) groups is 2. The van der Waals surface area contributed by atoms with Gasteiger partial charge >= 0.3 is 0 Å². The van der Waals surface area contributed by atoms with E-state index in [1.165, 1.54) is 9.80 Å². The molecule has 2 bridgehead atoms. The standard InChI is InChI=1S/C33H36N4O5S/c1-34-30(39)33(31(40)35(2)32(34)43,21-36-17-24-14-25(19-36)26-10-7-11-29(38)37(26)18-24)16-23-12-13-27(28(15-23)41-3)42-20-22-8-5-4-6-9-22/h4-13,15,24-25H,14,16-21H2,1-3H3/t24-,25+/m1/s1. The summed E-state index contributed by atoms with van der Waals surface area (Å²) in [4.78, 5) is 45.9. The summed E-state index contributed by atoms with van der Waals surface area (Å²) in [5.74, 6) is 0.914. The van der Waals surface area contributed by atoms with Gasteiger partial charge < -0.3 is 18.9 Å². The molecule has 2 aromatic carbocycles. The molecule has 2 saturated heterocycles. The van der Waals surface area contributed by atoms with Crippen LogP contribution in [0.2, 0.25) is 0 Å². The number of thiocarbonyl (C=S) groups is 1. The van der Waals surface area contributed by atoms with E-state index in [2.05, 4.69) is 4.90 Å². The SMILES string of the molecule is COc1cc(CC2(CN3C[C@H]4C[C@@H](C3)c3cccc(=O)n3C4)C(=O)N(C)C(=S)N(C)C2=O)ccc1OCc1ccccc1. The van der Waals surface area contributed by atoms with Crippen molar-refractivity contribution >= 4 is 29.1 Å². The van der Waals surface area contributed by atoms with Gasteiger partial charge in [-0.05, 0) is 60.3 Å². The number of carbonyl (C=O) groups excluding carboxylic acids is 2. The third-order valence-electron chi connectivity index (χ3n) is 9.02. The highest BCUT2D eigenvalue weighted by molar-refractivity contribution is 7.80. The number of rotatable bonds is 8. The van der Waals surface area contributed by atoms with E-state index in [0.717, 1.165) is 23.2 Å². The van der Waals surface area contributed by atoms with E-state index in [4.69, 9.17) is 21.7 Å². The van der Waals surface area contributed by atoms with Gasteiger partial charge in [0, 0.05) is 58.0 Å². The Hall–Kier alpha value is -4.02. The molecule has 10 heteroatoms. The topological polar surface area (TPSA) is 84.3 Å². The van der Waals surface area contributed by atoms with E-state index in [0.29, 0.717) is 37.7 Å². The lowest BCUT2D eigenvalue weighted by Gasteiger charge is -2.48. The average Bonchev–Trinajstić information content (AvgIpc) is 3.02. The minimum atomic E-state index is -1.38. The van der Waals surface area contributed by atoms with Crippen molar-refractivity contribution in [2.24, 2.45) is 11.3 Å². The second kappa shape index (κ2) is 11.6. The summed E-state index contributed by atoms with van der Waals surface area (Å²) in [5.41, 5.74) is 1.48. The molecule has 2 fully saturated rings. The molecule has 0 unspecified atom stereocenters. The number of benzene rings is 2. The fourth-order valence-corrected chi connectivity index (χ4v) is 7.17. The van der Waals surface area contributed by atoms with Gasteiger partial charge in [0.25, 0.3) is 5.56 Å². The van der Waals surface area contributed by atoms with Crippen LogP contribution in [0.15, 0.2) is 71.5 Å². The average molecular weight is 601 g/mol. The Bertz CT molecular complexity index is 1600. The first kappa shape index (κ1) is 29.1. The molecule has 6 rings (SSSR count). The van der Waals surface area contributed by atoms with E-state index in [9.17, 15) is 14.4 Å². The number of amides is 2. The first-order valence-corrected chi connectivity index (χ1v) is 15.0. The molecular weight excluding hydrogens is 564 g/mol. The number of hydrogen-bond acceptors (Lipinski definition) is 7. The summed E-state index contributed by atoms with van der Waals surface area (Å²) in [6, 6.07) is 20.9. The van der Waals surface area contributed by atoms with Gasteiger partial charge in [-0.2, -0.15) is 0 Å². The molecule has 0 spiro atoms. The maximum Gasteiger partial charge on any atom is 0.250 e. The van der Waals surface area contributed by atoms with Gasteiger partial charge in [-0.25, -0.2) is 0 Å². The van der Waals surface area contributed by atoms with Crippen LogP contribution in [0.3, 0.4) is 0 Å². The van der Waals surface area contributed by atoms with Gasteiger partial charge in [-0.3, -0.25) is 24.2 Å². The number of likely N-dealkylation sites (tertiary alicyclic amines) is 1. The van der Waals surface area contributed by atoms with Crippen LogP contribution < -0.4 is 15.0 Å². The van der Waals surface area contributed by atoms with Crippen LogP contribution in [0, 0.1) is 11.3 Å². The summed E-state index contributed by atoms with van der Waals surface area (Å²) in [5, 5.41) is 0.191. The molecule has 4 heterocycles. The van der Waals surface area contributed by atoms with E-state index in [1.807, 2.05) is 65.2 Å². The zero-order valence-electron chi connectivity index (χ0n) is 24.7. The summed E-state index contributed by atoms with van der Waals surface area (Å²) >= 11 is 5.45. The van der Waals surface area contributed by atoms with E-state index >= 15 is 0 Å². The van der Waals surface area contributed by atoms with Gasteiger partial charge in [-0.1, -0.05) is 42.5 Å². The highest BCUT2D eigenvalue weighted by atomic mass is 32.1. The second-order valence-electron chi connectivity index (χ2n) is 11.9.